The lowest BCUT2D eigenvalue weighted by molar-refractivity contribution is 0.102. The summed E-state index contributed by atoms with van der Waals surface area (Å²) in [5, 5.41) is 5.64. The first-order chi connectivity index (χ1) is 17.1. The second-order valence-corrected chi connectivity index (χ2v) is 9.14. The summed E-state index contributed by atoms with van der Waals surface area (Å²) >= 11 is 0. The Morgan fingerprint density at radius 3 is 2.69 bits per heavy atom. The fourth-order valence-corrected chi connectivity index (χ4v) is 4.99. The minimum atomic E-state index is -0.372. The first-order valence-corrected chi connectivity index (χ1v) is 12.2. The number of nitrogens with zero attached hydrogens (tertiary/aromatic N) is 4. The summed E-state index contributed by atoms with van der Waals surface area (Å²) in [7, 11) is 1.74. The van der Waals surface area contributed by atoms with Gasteiger partial charge in [-0.05, 0) is 75.2 Å². The SMILES string of the molecule is CNc1nccc(-c2c[nH]c(=O)c(NC(=O)c3ccc(N4CCC[C@H]4CN4CCCC4)cc3)c2)n1. The number of anilines is 3. The summed E-state index contributed by atoms with van der Waals surface area (Å²) in [4.78, 5) is 41.5. The molecule has 1 amide bonds. The molecule has 2 saturated heterocycles. The standard InChI is InChI=1S/C26H31N7O2/c1-27-26-28-11-10-22(31-26)19-15-23(25(35)29-16-19)30-24(34)18-6-8-20(9-7-18)33-14-4-5-21(33)17-32-12-2-3-13-32/h6-11,15-16,21H,2-5,12-14,17H2,1H3,(H,29,35)(H,30,34)(H,27,28,31)/t21-/m0/s1. The van der Waals surface area contributed by atoms with Crippen LogP contribution >= 0.6 is 0 Å². The Bertz CT molecular complexity index is 1230. The van der Waals surface area contributed by atoms with E-state index in [1.54, 1.807) is 31.6 Å². The van der Waals surface area contributed by atoms with E-state index < -0.39 is 0 Å². The third-order valence-corrected chi connectivity index (χ3v) is 6.83. The van der Waals surface area contributed by atoms with Crippen LogP contribution in [0.5, 0.6) is 0 Å². The second-order valence-electron chi connectivity index (χ2n) is 9.14. The molecular weight excluding hydrogens is 442 g/mol. The molecule has 182 valence electrons. The van der Waals surface area contributed by atoms with Crippen LogP contribution in [0.15, 0.2) is 53.6 Å². The molecule has 4 heterocycles. The molecule has 1 atom stereocenters. The Hall–Kier alpha value is -3.72. The molecule has 9 nitrogen and oxygen atoms in total. The van der Waals surface area contributed by atoms with Gasteiger partial charge in [0.15, 0.2) is 0 Å². The van der Waals surface area contributed by atoms with Crippen molar-refractivity contribution in [3.05, 3.63) is 64.7 Å². The minimum Gasteiger partial charge on any atom is -0.367 e. The summed E-state index contributed by atoms with van der Waals surface area (Å²) in [6.45, 7) is 4.57. The molecule has 35 heavy (non-hydrogen) atoms. The van der Waals surface area contributed by atoms with Crippen molar-refractivity contribution < 1.29 is 4.79 Å². The summed E-state index contributed by atoms with van der Waals surface area (Å²) in [5.74, 6) is 0.146. The van der Waals surface area contributed by atoms with Crippen molar-refractivity contribution in [2.45, 2.75) is 31.7 Å². The average molecular weight is 474 g/mol. The predicted molar refractivity (Wildman–Crippen MR) is 138 cm³/mol. The minimum absolute atomic E-state index is 0.173. The second kappa shape index (κ2) is 10.3. The van der Waals surface area contributed by atoms with Crippen molar-refractivity contribution in [3.63, 3.8) is 0 Å². The Morgan fingerprint density at radius 2 is 1.91 bits per heavy atom. The highest BCUT2D eigenvalue weighted by molar-refractivity contribution is 6.04. The molecule has 2 aliphatic rings. The van der Waals surface area contributed by atoms with Gasteiger partial charge in [-0.15, -0.1) is 0 Å². The maximum Gasteiger partial charge on any atom is 0.271 e. The van der Waals surface area contributed by atoms with Crippen molar-refractivity contribution in [3.8, 4) is 11.3 Å². The van der Waals surface area contributed by atoms with E-state index in [4.69, 9.17) is 0 Å². The van der Waals surface area contributed by atoms with Crippen LogP contribution in [0.1, 0.15) is 36.0 Å². The Balaban J connectivity index is 1.28. The van der Waals surface area contributed by atoms with Crippen LogP contribution < -0.4 is 21.1 Å². The summed E-state index contributed by atoms with van der Waals surface area (Å²) in [5.41, 5.74) is 2.76. The Labute approximate surface area is 204 Å². The monoisotopic (exact) mass is 473 g/mol. The van der Waals surface area contributed by atoms with E-state index in [1.165, 1.54) is 38.8 Å². The number of likely N-dealkylation sites (tertiary alicyclic amines) is 1. The topological polar surface area (TPSA) is 106 Å². The van der Waals surface area contributed by atoms with Crippen LogP contribution in [0.3, 0.4) is 0 Å². The lowest BCUT2D eigenvalue weighted by Crippen LogP contribution is -2.39. The number of aromatic nitrogens is 3. The molecule has 2 fully saturated rings. The first kappa shape index (κ1) is 23.0. The van der Waals surface area contributed by atoms with Crippen LogP contribution in [-0.2, 0) is 0 Å². The number of nitrogens with one attached hydrogen (secondary N) is 3. The number of hydrogen-bond acceptors (Lipinski definition) is 7. The van der Waals surface area contributed by atoms with Crippen LogP contribution in [0, 0.1) is 0 Å². The maximum absolute atomic E-state index is 12.9. The molecule has 0 spiro atoms. The van der Waals surface area contributed by atoms with Gasteiger partial charge < -0.3 is 25.4 Å². The van der Waals surface area contributed by atoms with Gasteiger partial charge in [-0.3, -0.25) is 9.59 Å². The lowest BCUT2D eigenvalue weighted by atomic mass is 10.1. The van der Waals surface area contributed by atoms with Gasteiger partial charge in [-0.1, -0.05) is 0 Å². The van der Waals surface area contributed by atoms with Gasteiger partial charge >= 0.3 is 0 Å². The number of amides is 1. The van der Waals surface area contributed by atoms with Crippen LogP contribution in [0.25, 0.3) is 11.3 Å². The molecule has 3 N–H and O–H groups in total. The number of carbonyl (C=O) groups is 1. The molecule has 0 saturated carbocycles. The van der Waals surface area contributed by atoms with E-state index >= 15 is 0 Å². The third kappa shape index (κ3) is 5.19. The summed E-state index contributed by atoms with van der Waals surface area (Å²) in [6.07, 6.45) is 8.22. The number of pyridine rings is 1. The van der Waals surface area contributed by atoms with Crippen LogP contribution in [-0.4, -0.2) is 65.0 Å². The summed E-state index contributed by atoms with van der Waals surface area (Å²) in [6, 6.07) is 11.6. The van der Waals surface area contributed by atoms with Gasteiger partial charge in [0, 0.05) is 55.4 Å². The van der Waals surface area contributed by atoms with Crippen molar-refractivity contribution in [1.29, 1.82) is 0 Å². The Kier molecular flexibility index (Phi) is 6.76. The molecule has 2 aromatic heterocycles. The van der Waals surface area contributed by atoms with Gasteiger partial charge in [0.2, 0.25) is 5.95 Å². The van der Waals surface area contributed by atoms with Gasteiger partial charge in [-0.2, -0.15) is 0 Å². The smallest absolute Gasteiger partial charge is 0.271 e. The highest BCUT2D eigenvalue weighted by Crippen LogP contribution is 2.27. The van der Waals surface area contributed by atoms with E-state index in [2.05, 4.69) is 35.4 Å². The fraction of sp³-hybridized carbons (Fsp3) is 0.385. The first-order valence-electron chi connectivity index (χ1n) is 12.2. The van der Waals surface area contributed by atoms with Crippen molar-refractivity contribution >= 4 is 23.2 Å². The third-order valence-electron chi connectivity index (χ3n) is 6.83. The zero-order chi connectivity index (χ0) is 24.2. The molecule has 3 aromatic rings. The predicted octanol–water partition coefficient (Wildman–Crippen LogP) is 3.19. The van der Waals surface area contributed by atoms with Gasteiger partial charge in [0.1, 0.15) is 5.69 Å². The van der Waals surface area contributed by atoms with Gasteiger partial charge in [0.05, 0.1) is 5.69 Å². The number of hydrogen-bond donors (Lipinski definition) is 3. The van der Waals surface area contributed by atoms with Gasteiger partial charge in [-0.25, -0.2) is 9.97 Å². The number of benzene rings is 1. The van der Waals surface area contributed by atoms with Crippen molar-refractivity contribution in [2.24, 2.45) is 0 Å². The maximum atomic E-state index is 12.9. The molecule has 0 bridgehead atoms. The number of carbonyl (C=O) groups excluding carboxylic acids is 1. The largest absolute Gasteiger partial charge is 0.367 e. The van der Waals surface area contributed by atoms with Crippen molar-refractivity contribution in [1.82, 2.24) is 19.9 Å². The number of aromatic amines is 1. The summed E-state index contributed by atoms with van der Waals surface area (Å²) < 4.78 is 0. The normalized spacial score (nSPS) is 18.1. The fourth-order valence-electron chi connectivity index (χ4n) is 4.99. The van der Waals surface area contributed by atoms with E-state index in [9.17, 15) is 9.59 Å². The molecular formula is C26H31N7O2. The van der Waals surface area contributed by atoms with Gasteiger partial charge in [0.25, 0.3) is 11.5 Å². The van der Waals surface area contributed by atoms with E-state index in [0.717, 1.165) is 18.8 Å². The molecule has 0 radical (unpaired) electrons. The lowest BCUT2D eigenvalue weighted by Gasteiger charge is -2.30. The van der Waals surface area contributed by atoms with Crippen molar-refractivity contribution in [2.75, 3.05) is 48.8 Å². The van der Waals surface area contributed by atoms with E-state index in [0.29, 0.717) is 28.8 Å². The molecule has 9 heteroatoms. The van der Waals surface area contributed by atoms with E-state index in [-0.39, 0.29) is 17.2 Å². The highest BCUT2D eigenvalue weighted by atomic mass is 16.2. The number of H-pyrrole nitrogens is 1. The molecule has 0 aliphatic carbocycles. The quantitative estimate of drug-likeness (QED) is 0.484. The highest BCUT2D eigenvalue weighted by Gasteiger charge is 2.27. The molecule has 1 aromatic carbocycles. The zero-order valence-corrected chi connectivity index (χ0v) is 20.0. The van der Waals surface area contributed by atoms with Crippen LogP contribution in [0.2, 0.25) is 0 Å². The van der Waals surface area contributed by atoms with Crippen LogP contribution in [0.4, 0.5) is 17.3 Å². The molecule has 5 rings (SSSR count). The van der Waals surface area contributed by atoms with E-state index in [1.807, 2.05) is 24.3 Å². The average Bonchev–Trinajstić information content (AvgIpc) is 3.58. The Morgan fingerprint density at radius 1 is 1.11 bits per heavy atom. The number of rotatable bonds is 7. The molecule has 2 aliphatic heterocycles. The zero-order valence-electron chi connectivity index (χ0n) is 20.0. The molecule has 0 unspecified atom stereocenters.